The zero-order chi connectivity index (χ0) is 27.6. The standard InChI is InChI=1S/C31H25Cl2N3O4/c32-22-9-6-20(26(33)16-22)13-14-34-30(37)21-7-10-23(11-8-21)35-29-24-3-1-2-4-25(24)31(38)36(29)17-19-5-12-27-28(15-19)40-18-39-27/h1-12,15-16,29,35H,13-14,17-18H2,(H,34,37)/t29-/m1/s1. The van der Waals surface area contributed by atoms with Gasteiger partial charge >= 0.3 is 0 Å². The Bertz CT molecular complexity index is 1590. The summed E-state index contributed by atoms with van der Waals surface area (Å²) in [5.41, 5.74) is 4.74. The molecule has 0 saturated carbocycles. The van der Waals surface area contributed by atoms with Crippen LogP contribution in [0.5, 0.6) is 11.5 Å². The summed E-state index contributed by atoms with van der Waals surface area (Å²) in [6.07, 6.45) is 0.216. The summed E-state index contributed by atoms with van der Waals surface area (Å²) in [7, 11) is 0. The molecule has 0 aliphatic carbocycles. The summed E-state index contributed by atoms with van der Waals surface area (Å²) < 4.78 is 10.9. The normalized spacial score (nSPS) is 15.2. The first kappa shape index (κ1) is 26.0. The van der Waals surface area contributed by atoms with Gasteiger partial charge in [-0.15, -0.1) is 0 Å². The Morgan fingerprint density at radius 2 is 1.73 bits per heavy atom. The van der Waals surface area contributed by atoms with Gasteiger partial charge in [0.15, 0.2) is 11.5 Å². The average Bonchev–Trinajstić information content (AvgIpc) is 3.53. The molecule has 1 atom stereocenters. The van der Waals surface area contributed by atoms with Crippen LogP contribution in [0, 0.1) is 0 Å². The van der Waals surface area contributed by atoms with E-state index in [0.717, 1.165) is 22.4 Å². The minimum Gasteiger partial charge on any atom is -0.454 e. The maximum atomic E-state index is 13.4. The molecule has 4 aromatic carbocycles. The molecule has 7 nitrogen and oxygen atoms in total. The van der Waals surface area contributed by atoms with Crippen molar-refractivity contribution in [3.63, 3.8) is 0 Å². The van der Waals surface area contributed by atoms with E-state index in [1.54, 1.807) is 29.2 Å². The Balaban J connectivity index is 1.13. The zero-order valence-corrected chi connectivity index (χ0v) is 22.8. The molecular formula is C31H25Cl2N3O4. The summed E-state index contributed by atoms with van der Waals surface area (Å²) >= 11 is 12.2. The number of rotatable bonds is 8. The van der Waals surface area contributed by atoms with Crippen molar-refractivity contribution in [3.05, 3.63) is 123 Å². The molecule has 0 fully saturated rings. The highest BCUT2D eigenvalue weighted by Gasteiger charge is 2.36. The fourth-order valence-corrected chi connectivity index (χ4v) is 5.44. The Morgan fingerprint density at radius 1 is 0.925 bits per heavy atom. The van der Waals surface area contributed by atoms with Crippen LogP contribution in [-0.2, 0) is 13.0 Å². The first-order chi connectivity index (χ1) is 19.5. The molecule has 0 aromatic heterocycles. The Kier molecular flexibility index (Phi) is 7.24. The van der Waals surface area contributed by atoms with Crippen molar-refractivity contribution in [2.75, 3.05) is 18.7 Å². The van der Waals surface area contributed by atoms with Gasteiger partial charge in [0, 0.05) is 45.5 Å². The molecule has 0 unspecified atom stereocenters. The third-order valence-electron chi connectivity index (χ3n) is 6.99. The third kappa shape index (κ3) is 5.30. The molecule has 0 radical (unpaired) electrons. The predicted octanol–water partition coefficient (Wildman–Crippen LogP) is 6.46. The number of amides is 2. The van der Waals surface area contributed by atoms with E-state index < -0.39 is 0 Å². The lowest BCUT2D eigenvalue weighted by atomic mass is 10.1. The van der Waals surface area contributed by atoms with Gasteiger partial charge in [0.25, 0.3) is 11.8 Å². The van der Waals surface area contributed by atoms with Crippen LogP contribution in [0.15, 0.2) is 84.9 Å². The third-order valence-corrected chi connectivity index (χ3v) is 7.58. The van der Waals surface area contributed by atoms with Crippen molar-refractivity contribution in [1.82, 2.24) is 10.2 Å². The first-order valence-electron chi connectivity index (χ1n) is 12.8. The van der Waals surface area contributed by atoms with E-state index in [1.165, 1.54) is 0 Å². The maximum absolute atomic E-state index is 13.4. The minimum absolute atomic E-state index is 0.0532. The van der Waals surface area contributed by atoms with Gasteiger partial charge in [-0.2, -0.15) is 0 Å². The number of nitrogens with one attached hydrogen (secondary N) is 2. The molecule has 9 heteroatoms. The van der Waals surface area contributed by atoms with Gasteiger partial charge in [0.05, 0.1) is 0 Å². The van der Waals surface area contributed by atoms with Crippen LogP contribution in [0.3, 0.4) is 0 Å². The molecule has 0 bridgehead atoms. The summed E-state index contributed by atoms with van der Waals surface area (Å²) in [6.45, 7) is 1.03. The van der Waals surface area contributed by atoms with Crippen LogP contribution in [0.1, 0.15) is 43.6 Å². The van der Waals surface area contributed by atoms with Gasteiger partial charge in [-0.05, 0) is 72.1 Å². The first-order valence-corrected chi connectivity index (χ1v) is 13.6. The van der Waals surface area contributed by atoms with E-state index in [2.05, 4.69) is 10.6 Å². The van der Waals surface area contributed by atoms with E-state index in [9.17, 15) is 9.59 Å². The molecular weight excluding hydrogens is 549 g/mol. The average molecular weight is 574 g/mol. The second kappa shape index (κ2) is 11.1. The van der Waals surface area contributed by atoms with Gasteiger partial charge in [0.2, 0.25) is 6.79 Å². The van der Waals surface area contributed by atoms with Crippen molar-refractivity contribution >= 4 is 40.7 Å². The number of hydrogen-bond acceptors (Lipinski definition) is 5. The molecule has 0 spiro atoms. The van der Waals surface area contributed by atoms with Crippen molar-refractivity contribution in [3.8, 4) is 11.5 Å². The van der Waals surface area contributed by atoms with E-state index in [1.807, 2.05) is 60.7 Å². The molecule has 2 aliphatic rings. The van der Waals surface area contributed by atoms with Gasteiger partial charge in [-0.25, -0.2) is 0 Å². The van der Waals surface area contributed by atoms with Gasteiger partial charge in [-0.3, -0.25) is 9.59 Å². The number of nitrogens with zero attached hydrogens (tertiary/aromatic N) is 1. The molecule has 2 amide bonds. The number of ether oxygens (including phenoxy) is 2. The summed E-state index contributed by atoms with van der Waals surface area (Å²) in [4.78, 5) is 27.9. The van der Waals surface area contributed by atoms with Gasteiger partial charge < -0.3 is 25.0 Å². The fraction of sp³-hybridized carbons (Fsp3) is 0.161. The quantitative estimate of drug-likeness (QED) is 0.253. The molecule has 2 heterocycles. The SMILES string of the molecule is O=C(NCCc1ccc(Cl)cc1Cl)c1ccc(N[C@H]2c3ccccc3C(=O)N2Cc2ccc3c(c2)OCO3)cc1. The predicted molar refractivity (Wildman–Crippen MR) is 154 cm³/mol. The lowest BCUT2D eigenvalue weighted by molar-refractivity contribution is 0.0728. The van der Waals surface area contributed by atoms with Crippen molar-refractivity contribution in [1.29, 1.82) is 0 Å². The van der Waals surface area contributed by atoms with Crippen LogP contribution in [0.2, 0.25) is 10.0 Å². The van der Waals surface area contributed by atoms with E-state index in [4.69, 9.17) is 32.7 Å². The van der Waals surface area contributed by atoms with E-state index in [-0.39, 0.29) is 24.8 Å². The topological polar surface area (TPSA) is 79.9 Å². The number of fused-ring (bicyclic) bond motifs is 2. The molecule has 202 valence electrons. The molecule has 6 rings (SSSR count). The maximum Gasteiger partial charge on any atom is 0.256 e. The van der Waals surface area contributed by atoms with Crippen molar-refractivity contribution in [2.45, 2.75) is 19.1 Å². The largest absolute Gasteiger partial charge is 0.454 e. The summed E-state index contributed by atoms with van der Waals surface area (Å²) in [6, 6.07) is 25.8. The smallest absolute Gasteiger partial charge is 0.256 e. The molecule has 2 N–H and O–H groups in total. The fourth-order valence-electron chi connectivity index (χ4n) is 4.94. The molecule has 0 saturated heterocycles. The Labute approximate surface area is 241 Å². The van der Waals surface area contributed by atoms with E-state index in [0.29, 0.717) is 52.2 Å². The highest BCUT2D eigenvalue weighted by molar-refractivity contribution is 6.35. The van der Waals surface area contributed by atoms with Gasteiger partial charge in [0.1, 0.15) is 6.17 Å². The lowest BCUT2D eigenvalue weighted by Crippen LogP contribution is -2.32. The zero-order valence-electron chi connectivity index (χ0n) is 21.3. The molecule has 2 aliphatic heterocycles. The number of anilines is 1. The van der Waals surface area contributed by atoms with Gasteiger partial charge in [-0.1, -0.05) is 53.5 Å². The Hall–Kier alpha value is -4.20. The van der Waals surface area contributed by atoms with Crippen molar-refractivity contribution < 1.29 is 19.1 Å². The van der Waals surface area contributed by atoms with Crippen LogP contribution in [-0.4, -0.2) is 30.1 Å². The number of carbonyl (C=O) groups is 2. The number of hydrogen-bond donors (Lipinski definition) is 2. The van der Waals surface area contributed by atoms with Crippen molar-refractivity contribution in [2.24, 2.45) is 0 Å². The monoisotopic (exact) mass is 573 g/mol. The van der Waals surface area contributed by atoms with E-state index >= 15 is 0 Å². The highest BCUT2D eigenvalue weighted by Crippen LogP contribution is 2.38. The number of halogens is 2. The minimum atomic E-state index is -0.377. The van der Waals surface area contributed by atoms with Crippen LogP contribution < -0.4 is 20.1 Å². The Morgan fingerprint density at radius 3 is 2.55 bits per heavy atom. The van der Waals surface area contributed by atoms with Crippen LogP contribution >= 0.6 is 23.2 Å². The van der Waals surface area contributed by atoms with Crippen LogP contribution in [0.4, 0.5) is 5.69 Å². The van der Waals surface area contributed by atoms with Crippen LogP contribution in [0.25, 0.3) is 0 Å². The second-order valence-corrected chi connectivity index (χ2v) is 10.4. The lowest BCUT2D eigenvalue weighted by Gasteiger charge is -2.27. The number of carbonyl (C=O) groups excluding carboxylic acids is 2. The molecule has 4 aromatic rings. The summed E-state index contributed by atoms with van der Waals surface area (Å²) in [5, 5.41) is 7.57. The molecule has 40 heavy (non-hydrogen) atoms. The number of benzene rings is 4. The second-order valence-electron chi connectivity index (χ2n) is 9.57. The summed E-state index contributed by atoms with van der Waals surface area (Å²) in [5.74, 6) is 1.15. The highest BCUT2D eigenvalue weighted by atomic mass is 35.5.